The zero-order valence-corrected chi connectivity index (χ0v) is 19.0. The van der Waals surface area contributed by atoms with Gasteiger partial charge in [-0.3, -0.25) is 4.57 Å². The maximum absolute atomic E-state index is 12.7. The van der Waals surface area contributed by atoms with Gasteiger partial charge in [-0.15, -0.1) is 0 Å². The predicted octanol–water partition coefficient (Wildman–Crippen LogP) is 4.08. The van der Waals surface area contributed by atoms with Crippen molar-refractivity contribution >= 4 is 28.7 Å². The number of anilines is 1. The van der Waals surface area contributed by atoms with Gasteiger partial charge in [0.05, 0.1) is 12.3 Å². The summed E-state index contributed by atoms with van der Waals surface area (Å²) < 4.78 is 12.3. The van der Waals surface area contributed by atoms with Gasteiger partial charge >= 0.3 is 11.8 Å². The molecule has 1 aromatic carbocycles. The normalized spacial score (nSPS) is 16.4. The second kappa shape index (κ2) is 8.98. The molecule has 2 aromatic heterocycles. The van der Waals surface area contributed by atoms with Crippen molar-refractivity contribution in [1.29, 1.82) is 0 Å². The second-order valence-electron chi connectivity index (χ2n) is 9.11. The first-order valence-electron chi connectivity index (χ1n) is 10.9. The van der Waals surface area contributed by atoms with E-state index in [2.05, 4.69) is 20.0 Å². The van der Waals surface area contributed by atoms with Gasteiger partial charge in [-0.25, -0.2) is 19.4 Å². The van der Waals surface area contributed by atoms with E-state index in [9.17, 15) is 9.59 Å². The number of piperidine rings is 1. The van der Waals surface area contributed by atoms with Crippen molar-refractivity contribution in [2.45, 2.75) is 51.8 Å². The Balaban J connectivity index is 1.64. The van der Waals surface area contributed by atoms with Gasteiger partial charge in [-0.05, 0) is 45.2 Å². The van der Waals surface area contributed by atoms with Crippen LogP contribution in [0.3, 0.4) is 0 Å². The number of carbonyl (C=O) groups is 1. The van der Waals surface area contributed by atoms with E-state index >= 15 is 0 Å². The van der Waals surface area contributed by atoms with E-state index < -0.39 is 17.5 Å². The van der Waals surface area contributed by atoms with Gasteiger partial charge < -0.3 is 19.4 Å². The number of ether oxygens (including phenoxy) is 1. The molecule has 1 N–H and O–H groups in total. The number of hydrogen-bond acceptors (Lipinski definition) is 6. The van der Waals surface area contributed by atoms with E-state index in [1.54, 1.807) is 18.3 Å². The number of hydrogen-bond donors (Lipinski definition) is 1. The maximum Gasteiger partial charge on any atom is 0.421 e. The van der Waals surface area contributed by atoms with Gasteiger partial charge in [0.1, 0.15) is 11.1 Å². The average molecular weight is 450 g/mol. The van der Waals surface area contributed by atoms with Crippen LogP contribution in [-0.4, -0.2) is 40.4 Å². The SMILES string of the molecule is [C-]#[N+]c1ccccc1Cn1c(=O)oc2nccc(N3CCC[C@@H](NC(=O)OC(C)(C)C)C3)c21. The Morgan fingerprint density at radius 2 is 2.12 bits per heavy atom. The van der Waals surface area contributed by atoms with Gasteiger partial charge in [-0.2, -0.15) is 0 Å². The number of nitrogens with zero attached hydrogens (tertiary/aromatic N) is 4. The van der Waals surface area contributed by atoms with Crippen LogP contribution in [0.5, 0.6) is 0 Å². The smallest absolute Gasteiger partial charge is 0.421 e. The van der Waals surface area contributed by atoms with Crippen molar-refractivity contribution in [3.63, 3.8) is 0 Å². The van der Waals surface area contributed by atoms with Crippen LogP contribution in [0.4, 0.5) is 16.2 Å². The Labute approximate surface area is 191 Å². The first kappa shape index (κ1) is 22.4. The van der Waals surface area contributed by atoms with Crippen molar-refractivity contribution in [2.24, 2.45) is 0 Å². The highest BCUT2D eigenvalue weighted by molar-refractivity contribution is 5.85. The number of pyridine rings is 1. The summed E-state index contributed by atoms with van der Waals surface area (Å²) >= 11 is 0. The number of rotatable bonds is 4. The lowest BCUT2D eigenvalue weighted by Gasteiger charge is -2.35. The first-order valence-corrected chi connectivity index (χ1v) is 10.9. The molecule has 9 heteroatoms. The number of aromatic nitrogens is 2. The minimum absolute atomic E-state index is 0.0910. The first-order chi connectivity index (χ1) is 15.7. The van der Waals surface area contributed by atoms with Gasteiger partial charge in [0.15, 0.2) is 5.69 Å². The van der Waals surface area contributed by atoms with E-state index in [-0.39, 0.29) is 18.3 Å². The Morgan fingerprint density at radius 3 is 2.88 bits per heavy atom. The molecule has 1 aliphatic heterocycles. The number of oxazole rings is 1. The molecule has 1 atom stereocenters. The zero-order valence-electron chi connectivity index (χ0n) is 19.0. The summed E-state index contributed by atoms with van der Waals surface area (Å²) in [5.74, 6) is -0.523. The van der Waals surface area contributed by atoms with Crippen LogP contribution in [0, 0.1) is 6.57 Å². The molecule has 0 saturated carbocycles. The summed E-state index contributed by atoms with van der Waals surface area (Å²) in [5.41, 5.74) is 2.30. The highest BCUT2D eigenvalue weighted by Crippen LogP contribution is 2.29. The Hall–Kier alpha value is -3.80. The van der Waals surface area contributed by atoms with Crippen LogP contribution in [0.15, 0.2) is 45.7 Å². The molecule has 0 bridgehead atoms. The molecule has 1 saturated heterocycles. The molecular formula is C24H27N5O4. The fraction of sp³-hybridized carbons (Fsp3) is 0.417. The molecule has 3 aromatic rings. The quantitative estimate of drug-likeness (QED) is 0.603. The third kappa shape index (κ3) is 5.00. The minimum atomic E-state index is -0.565. The number of alkyl carbamates (subject to hydrolysis) is 1. The van der Waals surface area contributed by atoms with E-state index in [4.69, 9.17) is 15.7 Å². The van der Waals surface area contributed by atoms with Crippen LogP contribution in [0.25, 0.3) is 16.1 Å². The molecule has 172 valence electrons. The number of benzene rings is 1. The van der Waals surface area contributed by atoms with E-state index in [1.165, 1.54) is 4.57 Å². The van der Waals surface area contributed by atoms with Gasteiger partial charge in [0.2, 0.25) is 0 Å². The zero-order chi connectivity index (χ0) is 23.6. The van der Waals surface area contributed by atoms with E-state index in [1.807, 2.05) is 39.0 Å². The lowest BCUT2D eigenvalue weighted by molar-refractivity contribution is 0.0500. The number of amides is 1. The summed E-state index contributed by atoms with van der Waals surface area (Å²) in [4.78, 5) is 34.9. The average Bonchev–Trinajstić information content (AvgIpc) is 3.08. The molecule has 0 radical (unpaired) electrons. The highest BCUT2D eigenvalue weighted by Gasteiger charge is 2.27. The Kier molecular flexibility index (Phi) is 6.09. The standard InChI is InChI=1S/C24H27N5O4/c1-24(2,3)33-22(30)27-17-9-7-13-28(15-17)19-11-12-26-21-20(19)29(23(31)32-21)14-16-8-5-6-10-18(16)25-4/h5-6,8,10-12,17H,7,9,13-15H2,1-3H3,(H,27,30)/t17-/m1/s1. The number of nitrogens with one attached hydrogen (secondary N) is 1. The number of fused-ring (bicyclic) bond motifs is 1. The van der Waals surface area contributed by atoms with Crippen LogP contribution in [0.2, 0.25) is 0 Å². The highest BCUT2D eigenvalue weighted by atomic mass is 16.6. The topological polar surface area (TPSA) is 94.0 Å². The van der Waals surface area contributed by atoms with Crippen LogP contribution in [0.1, 0.15) is 39.2 Å². The lowest BCUT2D eigenvalue weighted by atomic mass is 10.0. The minimum Gasteiger partial charge on any atom is -0.444 e. The lowest BCUT2D eigenvalue weighted by Crippen LogP contribution is -2.49. The molecule has 33 heavy (non-hydrogen) atoms. The summed E-state index contributed by atoms with van der Waals surface area (Å²) in [6.45, 7) is 14.4. The van der Waals surface area contributed by atoms with Crippen LogP contribution >= 0.6 is 0 Å². The van der Waals surface area contributed by atoms with Crippen LogP contribution in [-0.2, 0) is 11.3 Å². The molecule has 1 aliphatic rings. The molecule has 3 heterocycles. The predicted molar refractivity (Wildman–Crippen MR) is 125 cm³/mol. The number of carbonyl (C=O) groups excluding carboxylic acids is 1. The number of para-hydroxylation sites is 1. The van der Waals surface area contributed by atoms with Crippen molar-refractivity contribution in [3.8, 4) is 0 Å². The van der Waals surface area contributed by atoms with Crippen molar-refractivity contribution in [2.75, 3.05) is 18.0 Å². The van der Waals surface area contributed by atoms with Crippen molar-refractivity contribution < 1.29 is 13.9 Å². The molecule has 1 fully saturated rings. The molecular weight excluding hydrogens is 422 g/mol. The largest absolute Gasteiger partial charge is 0.444 e. The molecule has 1 amide bonds. The second-order valence-corrected chi connectivity index (χ2v) is 9.11. The summed E-state index contributed by atoms with van der Waals surface area (Å²) in [6, 6.07) is 8.96. The summed E-state index contributed by atoms with van der Waals surface area (Å²) in [5, 5.41) is 2.95. The Bertz CT molecular complexity index is 1260. The van der Waals surface area contributed by atoms with Gasteiger partial charge in [0.25, 0.3) is 5.71 Å². The molecule has 0 aliphatic carbocycles. The molecule has 0 spiro atoms. The van der Waals surface area contributed by atoms with Gasteiger partial charge in [-0.1, -0.05) is 24.3 Å². The third-order valence-corrected chi connectivity index (χ3v) is 5.47. The van der Waals surface area contributed by atoms with E-state index in [0.29, 0.717) is 17.7 Å². The van der Waals surface area contributed by atoms with Gasteiger partial charge in [0, 0.05) is 31.9 Å². The summed E-state index contributed by atoms with van der Waals surface area (Å²) in [6.07, 6.45) is 2.88. The Morgan fingerprint density at radius 1 is 1.33 bits per heavy atom. The third-order valence-electron chi connectivity index (χ3n) is 5.47. The fourth-order valence-electron chi connectivity index (χ4n) is 4.09. The molecule has 9 nitrogen and oxygen atoms in total. The van der Waals surface area contributed by atoms with Crippen molar-refractivity contribution in [1.82, 2.24) is 14.9 Å². The molecule has 0 unspecified atom stereocenters. The van der Waals surface area contributed by atoms with E-state index in [0.717, 1.165) is 30.6 Å². The molecule has 4 rings (SSSR count). The van der Waals surface area contributed by atoms with Crippen LogP contribution < -0.4 is 16.0 Å². The monoisotopic (exact) mass is 449 g/mol. The summed E-state index contributed by atoms with van der Waals surface area (Å²) in [7, 11) is 0. The van der Waals surface area contributed by atoms with Crippen molar-refractivity contribution in [3.05, 3.63) is 64.1 Å². The fourth-order valence-corrected chi connectivity index (χ4v) is 4.09. The maximum atomic E-state index is 12.7.